The maximum absolute atomic E-state index is 6.20. The molecular formula is C15H22N4. The highest BCUT2D eigenvalue weighted by atomic mass is 15.2. The van der Waals surface area contributed by atoms with Crippen molar-refractivity contribution in [2.24, 2.45) is 12.8 Å². The van der Waals surface area contributed by atoms with Gasteiger partial charge in [-0.05, 0) is 25.6 Å². The molecule has 0 aliphatic rings. The highest BCUT2D eigenvalue weighted by molar-refractivity contribution is 5.18. The third kappa shape index (κ3) is 4.19. The van der Waals surface area contributed by atoms with E-state index < -0.39 is 0 Å². The number of hydrogen-bond donors (Lipinski definition) is 1. The molecule has 102 valence electrons. The van der Waals surface area contributed by atoms with Crippen molar-refractivity contribution >= 4 is 0 Å². The van der Waals surface area contributed by atoms with Crippen LogP contribution in [0, 0.1) is 0 Å². The predicted octanol–water partition coefficient (Wildman–Crippen LogP) is 1.94. The van der Waals surface area contributed by atoms with Crippen LogP contribution in [0.2, 0.25) is 0 Å². The molecule has 0 aliphatic carbocycles. The molecule has 4 heteroatoms. The molecule has 1 aromatic carbocycles. The van der Waals surface area contributed by atoms with Gasteiger partial charge in [-0.3, -0.25) is 4.68 Å². The lowest BCUT2D eigenvalue weighted by atomic mass is 10.0. The topological polar surface area (TPSA) is 47.1 Å². The van der Waals surface area contributed by atoms with E-state index in [1.165, 1.54) is 11.1 Å². The normalized spacial score (nSPS) is 12.8. The fraction of sp³-hybridized carbons (Fsp3) is 0.400. The van der Waals surface area contributed by atoms with E-state index in [-0.39, 0.29) is 6.04 Å². The molecule has 0 bridgehead atoms. The number of rotatable bonds is 6. The predicted molar refractivity (Wildman–Crippen MR) is 77.5 cm³/mol. The number of nitrogens with two attached hydrogens (primary N) is 1. The molecule has 0 radical (unpaired) electrons. The summed E-state index contributed by atoms with van der Waals surface area (Å²) in [5, 5.41) is 4.18. The van der Waals surface area contributed by atoms with Crippen molar-refractivity contribution in [2.75, 3.05) is 13.6 Å². The minimum atomic E-state index is 0.109. The number of nitrogens with zero attached hydrogens (tertiary/aromatic N) is 3. The molecule has 0 saturated heterocycles. The van der Waals surface area contributed by atoms with Gasteiger partial charge < -0.3 is 10.6 Å². The van der Waals surface area contributed by atoms with Gasteiger partial charge in [-0.15, -0.1) is 0 Å². The quantitative estimate of drug-likeness (QED) is 0.861. The van der Waals surface area contributed by atoms with Crippen molar-refractivity contribution < 1.29 is 0 Å². The van der Waals surface area contributed by atoms with E-state index in [0.717, 1.165) is 19.5 Å². The summed E-state index contributed by atoms with van der Waals surface area (Å²) in [5.74, 6) is 0. The molecule has 0 amide bonds. The first-order valence-corrected chi connectivity index (χ1v) is 6.62. The van der Waals surface area contributed by atoms with Crippen LogP contribution in [0.25, 0.3) is 0 Å². The third-order valence-electron chi connectivity index (χ3n) is 3.26. The Kier molecular flexibility index (Phi) is 4.71. The largest absolute Gasteiger partial charge is 0.324 e. The van der Waals surface area contributed by atoms with Crippen LogP contribution in [0.1, 0.15) is 23.6 Å². The smallest absolute Gasteiger partial charge is 0.0534 e. The first-order valence-electron chi connectivity index (χ1n) is 6.62. The van der Waals surface area contributed by atoms with Crippen molar-refractivity contribution in [1.82, 2.24) is 14.7 Å². The molecule has 2 aromatic rings. The SMILES string of the molecule is CN(CCC(N)c1ccccc1)Cc1cnn(C)c1. The summed E-state index contributed by atoms with van der Waals surface area (Å²) in [6.45, 7) is 1.89. The average molecular weight is 258 g/mol. The van der Waals surface area contributed by atoms with Gasteiger partial charge in [0.15, 0.2) is 0 Å². The Labute approximate surface area is 114 Å². The molecule has 0 fully saturated rings. The fourth-order valence-corrected chi connectivity index (χ4v) is 2.17. The Balaban J connectivity index is 1.79. The van der Waals surface area contributed by atoms with Gasteiger partial charge in [0.1, 0.15) is 0 Å². The molecule has 1 unspecified atom stereocenters. The zero-order chi connectivity index (χ0) is 13.7. The fourth-order valence-electron chi connectivity index (χ4n) is 2.17. The molecule has 0 aliphatic heterocycles. The zero-order valence-electron chi connectivity index (χ0n) is 11.7. The lowest BCUT2D eigenvalue weighted by Crippen LogP contribution is -2.23. The third-order valence-corrected chi connectivity index (χ3v) is 3.26. The van der Waals surface area contributed by atoms with Gasteiger partial charge in [0, 0.05) is 31.4 Å². The summed E-state index contributed by atoms with van der Waals surface area (Å²) in [6.07, 6.45) is 4.92. The second-order valence-corrected chi connectivity index (χ2v) is 5.07. The summed E-state index contributed by atoms with van der Waals surface area (Å²) in [4.78, 5) is 2.28. The molecule has 0 saturated carbocycles. The molecule has 2 N–H and O–H groups in total. The maximum atomic E-state index is 6.20. The van der Waals surface area contributed by atoms with Crippen molar-refractivity contribution in [3.8, 4) is 0 Å². The number of aromatic nitrogens is 2. The van der Waals surface area contributed by atoms with E-state index in [9.17, 15) is 0 Å². The van der Waals surface area contributed by atoms with E-state index in [1.54, 1.807) is 0 Å². The molecule has 1 atom stereocenters. The van der Waals surface area contributed by atoms with Crippen LogP contribution in [0.4, 0.5) is 0 Å². The van der Waals surface area contributed by atoms with Crippen LogP contribution in [-0.4, -0.2) is 28.3 Å². The lowest BCUT2D eigenvalue weighted by molar-refractivity contribution is 0.311. The minimum Gasteiger partial charge on any atom is -0.324 e. The van der Waals surface area contributed by atoms with Gasteiger partial charge in [0.2, 0.25) is 0 Å². The van der Waals surface area contributed by atoms with E-state index in [1.807, 2.05) is 42.3 Å². The Bertz CT molecular complexity index is 492. The lowest BCUT2D eigenvalue weighted by Gasteiger charge is -2.19. The number of aryl methyl sites for hydroxylation is 1. The van der Waals surface area contributed by atoms with Crippen molar-refractivity contribution in [3.05, 3.63) is 53.9 Å². The van der Waals surface area contributed by atoms with Crippen LogP contribution in [0.3, 0.4) is 0 Å². The summed E-state index contributed by atoms with van der Waals surface area (Å²) < 4.78 is 1.83. The summed E-state index contributed by atoms with van der Waals surface area (Å²) in [7, 11) is 4.06. The highest BCUT2D eigenvalue weighted by Gasteiger charge is 2.08. The molecule has 0 spiro atoms. The van der Waals surface area contributed by atoms with Gasteiger partial charge in [-0.25, -0.2) is 0 Å². The second kappa shape index (κ2) is 6.50. The molecule has 1 heterocycles. The van der Waals surface area contributed by atoms with Crippen molar-refractivity contribution in [3.63, 3.8) is 0 Å². The van der Waals surface area contributed by atoms with E-state index in [4.69, 9.17) is 5.73 Å². The van der Waals surface area contributed by atoms with Gasteiger partial charge in [-0.2, -0.15) is 5.10 Å². The van der Waals surface area contributed by atoms with E-state index >= 15 is 0 Å². The monoisotopic (exact) mass is 258 g/mol. The zero-order valence-corrected chi connectivity index (χ0v) is 11.7. The first-order chi connectivity index (χ1) is 9.15. The van der Waals surface area contributed by atoms with Crippen molar-refractivity contribution in [1.29, 1.82) is 0 Å². The molecule has 1 aromatic heterocycles. The Morgan fingerprint density at radius 3 is 2.68 bits per heavy atom. The molecule has 4 nitrogen and oxygen atoms in total. The Morgan fingerprint density at radius 1 is 1.32 bits per heavy atom. The van der Waals surface area contributed by atoms with Crippen LogP contribution in [0.5, 0.6) is 0 Å². The van der Waals surface area contributed by atoms with Gasteiger partial charge in [0.25, 0.3) is 0 Å². The van der Waals surface area contributed by atoms with Gasteiger partial charge >= 0.3 is 0 Å². The highest BCUT2D eigenvalue weighted by Crippen LogP contribution is 2.14. The first kappa shape index (κ1) is 13.8. The van der Waals surface area contributed by atoms with E-state index in [0.29, 0.717) is 0 Å². The van der Waals surface area contributed by atoms with Gasteiger partial charge in [-0.1, -0.05) is 30.3 Å². The second-order valence-electron chi connectivity index (χ2n) is 5.07. The summed E-state index contributed by atoms with van der Waals surface area (Å²) in [6, 6.07) is 10.4. The number of hydrogen-bond acceptors (Lipinski definition) is 3. The average Bonchev–Trinajstić information content (AvgIpc) is 2.82. The van der Waals surface area contributed by atoms with Crippen LogP contribution in [-0.2, 0) is 13.6 Å². The summed E-state index contributed by atoms with van der Waals surface area (Å²) in [5.41, 5.74) is 8.64. The maximum Gasteiger partial charge on any atom is 0.0534 e. The standard InChI is InChI=1S/C15H22N4/c1-18(11-13-10-17-19(2)12-13)9-8-15(16)14-6-4-3-5-7-14/h3-7,10,12,15H,8-9,11,16H2,1-2H3. The van der Waals surface area contributed by atoms with Crippen LogP contribution >= 0.6 is 0 Å². The Morgan fingerprint density at radius 2 is 2.05 bits per heavy atom. The summed E-state index contributed by atoms with van der Waals surface area (Å²) >= 11 is 0. The minimum absolute atomic E-state index is 0.109. The van der Waals surface area contributed by atoms with Crippen LogP contribution in [0.15, 0.2) is 42.7 Å². The Hall–Kier alpha value is -1.65. The van der Waals surface area contributed by atoms with E-state index in [2.05, 4.69) is 29.2 Å². The van der Waals surface area contributed by atoms with Gasteiger partial charge in [0.05, 0.1) is 6.20 Å². The molecule has 19 heavy (non-hydrogen) atoms. The van der Waals surface area contributed by atoms with Crippen LogP contribution < -0.4 is 5.73 Å². The molecule has 2 rings (SSSR count). The molecular weight excluding hydrogens is 236 g/mol. The number of benzene rings is 1. The van der Waals surface area contributed by atoms with Crippen molar-refractivity contribution in [2.45, 2.75) is 19.0 Å².